The number of rotatable bonds is 6. The number of aliphatic hydroxyl groups is 1. The summed E-state index contributed by atoms with van der Waals surface area (Å²) in [6, 6.07) is 12.7. The summed E-state index contributed by atoms with van der Waals surface area (Å²) in [5.74, 6) is -0.304. The van der Waals surface area contributed by atoms with E-state index in [1.165, 1.54) is 4.85 Å². The van der Waals surface area contributed by atoms with Crippen molar-refractivity contribution in [2.45, 2.75) is 44.3 Å². The van der Waals surface area contributed by atoms with Gasteiger partial charge in [-0.15, -0.1) is 5.10 Å². The highest BCUT2D eigenvalue weighted by molar-refractivity contribution is 6.33. The molecule has 0 unspecified atom stereocenters. The van der Waals surface area contributed by atoms with Crippen LogP contribution in [-0.4, -0.2) is 38.3 Å². The maximum atomic E-state index is 12.6. The second kappa shape index (κ2) is 8.39. The molecule has 1 heterocycles. The van der Waals surface area contributed by atoms with Gasteiger partial charge in [-0.25, -0.2) is 0 Å². The Labute approximate surface area is 173 Å². The molecule has 3 aromatic rings. The van der Waals surface area contributed by atoms with Crippen LogP contribution in [0.15, 0.2) is 42.5 Å². The molecule has 1 aliphatic rings. The van der Waals surface area contributed by atoms with E-state index in [-0.39, 0.29) is 19.1 Å². The second-order valence-corrected chi connectivity index (χ2v) is 7.91. The van der Waals surface area contributed by atoms with Gasteiger partial charge in [0.25, 0.3) is 5.91 Å². The normalized spacial score (nSPS) is 15.9. The van der Waals surface area contributed by atoms with Crippen LogP contribution in [0.25, 0.3) is 11.0 Å². The standard InChI is InChI=1S/C21H23ClN4O3/c22-17-9-8-15(13-29-26-19-7-3-2-6-18(19)24-25-26)12-16(17)20(27)23-14-21(28)10-4-1-5-11-21/h2-3,6-9,12,28H,1,4-5,10-11,13-14H2,(H,23,27). The van der Waals surface area contributed by atoms with Gasteiger partial charge in [0.1, 0.15) is 17.6 Å². The molecule has 2 N–H and O–H groups in total. The van der Waals surface area contributed by atoms with Crippen LogP contribution in [-0.2, 0) is 6.61 Å². The molecule has 0 atom stereocenters. The van der Waals surface area contributed by atoms with E-state index in [0.29, 0.717) is 23.4 Å². The first kappa shape index (κ1) is 19.7. The molecule has 0 aliphatic heterocycles. The summed E-state index contributed by atoms with van der Waals surface area (Å²) in [6.07, 6.45) is 4.51. The third kappa shape index (κ3) is 4.52. The van der Waals surface area contributed by atoms with Crippen LogP contribution in [0.2, 0.25) is 5.02 Å². The van der Waals surface area contributed by atoms with Gasteiger partial charge in [0.05, 0.1) is 16.2 Å². The second-order valence-electron chi connectivity index (χ2n) is 7.51. The van der Waals surface area contributed by atoms with E-state index in [1.54, 1.807) is 18.2 Å². The Morgan fingerprint density at radius 1 is 1.21 bits per heavy atom. The number of fused-ring (bicyclic) bond motifs is 1. The summed E-state index contributed by atoms with van der Waals surface area (Å²) >= 11 is 6.23. The highest BCUT2D eigenvalue weighted by Crippen LogP contribution is 2.27. The number of carbonyl (C=O) groups excluding carboxylic acids is 1. The van der Waals surface area contributed by atoms with Crippen LogP contribution < -0.4 is 10.2 Å². The molecule has 4 rings (SSSR count). The summed E-state index contributed by atoms with van der Waals surface area (Å²) in [5, 5.41) is 21.8. The van der Waals surface area contributed by atoms with E-state index >= 15 is 0 Å². The molecule has 0 saturated heterocycles. The predicted molar refractivity (Wildman–Crippen MR) is 110 cm³/mol. The zero-order valence-electron chi connectivity index (χ0n) is 16.0. The molecule has 8 heteroatoms. The third-order valence-corrected chi connectivity index (χ3v) is 5.64. The Morgan fingerprint density at radius 3 is 2.83 bits per heavy atom. The first-order valence-corrected chi connectivity index (χ1v) is 10.1. The number of nitrogens with one attached hydrogen (secondary N) is 1. The minimum absolute atomic E-state index is 0.203. The van der Waals surface area contributed by atoms with Crippen molar-refractivity contribution in [1.29, 1.82) is 0 Å². The van der Waals surface area contributed by atoms with Crippen molar-refractivity contribution in [2.75, 3.05) is 6.54 Å². The quantitative estimate of drug-likeness (QED) is 0.646. The van der Waals surface area contributed by atoms with Crippen LogP contribution in [0.1, 0.15) is 48.0 Å². The van der Waals surface area contributed by atoms with E-state index in [1.807, 2.05) is 24.3 Å². The van der Waals surface area contributed by atoms with Gasteiger partial charge >= 0.3 is 0 Å². The fraction of sp³-hybridized carbons (Fsp3) is 0.381. The van der Waals surface area contributed by atoms with E-state index in [2.05, 4.69) is 15.6 Å². The van der Waals surface area contributed by atoms with Crippen molar-refractivity contribution in [3.8, 4) is 0 Å². The smallest absolute Gasteiger partial charge is 0.252 e. The highest BCUT2D eigenvalue weighted by atomic mass is 35.5. The summed E-state index contributed by atoms with van der Waals surface area (Å²) in [6.45, 7) is 0.433. The molecule has 1 aromatic heterocycles. The molecule has 1 amide bonds. The van der Waals surface area contributed by atoms with Crippen LogP contribution >= 0.6 is 11.6 Å². The highest BCUT2D eigenvalue weighted by Gasteiger charge is 2.29. The Balaban J connectivity index is 1.42. The predicted octanol–water partition coefficient (Wildman–Crippen LogP) is 3.14. The summed E-state index contributed by atoms with van der Waals surface area (Å²) in [4.78, 5) is 19.7. The van der Waals surface area contributed by atoms with Crippen molar-refractivity contribution < 1.29 is 14.7 Å². The van der Waals surface area contributed by atoms with Crippen molar-refractivity contribution in [1.82, 2.24) is 20.5 Å². The number of nitrogens with zero attached hydrogens (tertiary/aromatic N) is 3. The number of aromatic nitrogens is 3. The average molecular weight is 415 g/mol. The van der Waals surface area contributed by atoms with Gasteiger partial charge in [0.2, 0.25) is 0 Å². The number of para-hydroxylation sites is 1. The lowest BCUT2D eigenvalue weighted by atomic mass is 9.85. The lowest BCUT2D eigenvalue weighted by Gasteiger charge is -2.32. The molecule has 1 saturated carbocycles. The first-order chi connectivity index (χ1) is 14.0. The van der Waals surface area contributed by atoms with E-state index in [4.69, 9.17) is 16.4 Å². The van der Waals surface area contributed by atoms with Crippen molar-refractivity contribution in [3.63, 3.8) is 0 Å². The molecule has 0 bridgehead atoms. The van der Waals surface area contributed by atoms with E-state index < -0.39 is 5.60 Å². The summed E-state index contributed by atoms with van der Waals surface area (Å²) < 4.78 is 0. The summed E-state index contributed by atoms with van der Waals surface area (Å²) in [7, 11) is 0. The molecule has 0 radical (unpaired) electrons. The van der Waals surface area contributed by atoms with Gasteiger partial charge in [-0.3, -0.25) is 4.79 Å². The maximum absolute atomic E-state index is 12.6. The Hall–Kier alpha value is -2.64. The zero-order chi connectivity index (χ0) is 20.3. The molecular weight excluding hydrogens is 392 g/mol. The van der Waals surface area contributed by atoms with Gasteiger partial charge < -0.3 is 15.3 Å². The molecular formula is C21H23ClN4O3. The molecule has 29 heavy (non-hydrogen) atoms. The van der Waals surface area contributed by atoms with Crippen LogP contribution in [0.3, 0.4) is 0 Å². The van der Waals surface area contributed by atoms with Crippen molar-refractivity contribution in [2.24, 2.45) is 0 Å². The maximum Gasteiger partial charge on any atom is 0.252 e. The molecule has 0 spiro atoms. The average Bonchev–Trinajstić information content (AvgIpc) is 3.15. The first-order valence-electron chi connectivity index (χ1n) is 9.77. The van der Waals surface area contributed by atoms with Gasteiger partial charge in [0.15, 0.2) is 0 Å². The van der Waals surface area contributed by atoms with Crippen LogP contribution in [0.4, 0.5) is 0 Å². The van der Waals surface area contributed by atoms with Crippen molar-refractivity contribution >= 4 is 28.5 Å². The van der Waals surface area contributed by atoms with Gasteiger partial charge in [-0.05, 0) is 47.9 Å². The molecule has 1 aliphatic carbocycles. The minimum atomic E-state index is -0.824. The Morgan fingerprint density at radius 2 is 2.00 bits per heavy atom. The summed E-state index contributed by atoms with van der Waals surface area (Å²) in [5.41, 5.74) is 1.81. The molecule has 152 valence electrons. The monoisotopic (exact) mass is 414 g/mol. The van der Waals surface area contributed by atoms with Gasteiger partial charge in [0, 0.05) is 6.54 Å². The molecule has 7 nitrogen and oxygen atoms in total. The fourth-order valence-electron chi connectivity index (χ4n) is 3.64. The van der Waals surface area contributed by atoms with Crippen molar-refractivity contribution in [3.05, 3.63) is 58.6 Å². The zero-order valence-corrected chi connectivity index (χ0v) is 16.7. The number of carbonyl (C=O) groups is 1. The number of amides is 1. The topological polar surface area (TPSA) is 89.3 Å². The molecule has 2 aromatic carbocycles. The minimum Gasteiger partial charge on any atom is -0.390 e. The van der Waals surface area contributed by atoms with E-state index in [9.17, 15) is 9.90 Å². The van der Waals surface area contributed by atoms with Crippen LogP contribution in [0, 0.1) is 0 Å². The number of halogens is 1. The van der Waals surface area contributed by atoms with Gasteiger partial charge in [-0.1, -0.05) is 53.9 Å². The number of benzene rings is 2. The lowest BCUT2D eigenvalue weighted by molar-refractivity contribution is 0.00525. The number of hydrogen-bond donors (Lipinski definition) is 2. The third-order valence-electron chi connectivity index (χ3n) is 5.31. The van der Waals surface area contributed by atoms with Crippen LogP contribution in [0.5, 0.6) is 0 Å². The lowest BCUT2D eigenvalue weighted by Crippen LogP contribution is -2.44. The fourth-order valence-corrected chi connectivity index (χ4v) is 3.84. The molecule has 1 fully saturated rings. The van der Waals surface area contributed by atoms with Gasteiger partial charge in [-0.2, -0.15) is 0 Å². The Bertz CT molecular complexity index is 1010. The Kier molecular flexibility index (Phi) is 5.69. The number of hydrogen-bond acceptors (Lipinski definition) is 5. The van der Waals surface area contributed by atoms with E-state index in [0.717, 1.165) is 35.9 Å². The largest absolute Gasteiger partial charge is 0.390 e. The SMILES string of the molecule is O=C(NCC1(O)CCCCC1)c1cc(COn2nnc3ccccc32)ccc1Cl.